The zero-order chi connectivity index (χ0) is 17.2. The van der Waals surface area contributed by atoms with Crippen LogP contribution < -0.4 is 15.5 Å². The van der Waals surface area contributed by atoms with Crippen LogP contribution in [0.15, 0.2) is 29.3 Å². The van der Waals surface area contributed by atoms with E-state index < -0.39 is 0 Å². The summed E-state index contributed by atoms with van der Waals surface area (Å²) in [7, 11) is 0. The van der Waals surface area contributed by atoms with Crippen molar-refractivity contribution in [1.82, 2.24) is 10.6 Å². The molecule has 24 heavy (non-hydrogen) atoms. The van der Waals surface area contributed by atoms with Gasteiger partial charge in [0.1, 0.15) is 0 Å². The fourth-order valence-corrected chi connectivity index (χ4v) is 2.60. The molecule has 1 aromatic carbocycles. The third kappa shape index (κ3) is 5.53. The van der Waals surface area contributed by atoms with Gasteiger partial charge in [-0.3, -0.25) is 4.79 Å². The van der Waals surface area contributed by atoms with Gasteiger partial charge in [0.15, 0.2) is 5.96 Å². The first kappa shape index (κ1) is 18.3. The molecule has 1 saturated heterocycles. The van der Waals surface area contributed by atoms with E-state index in [4.69, 9.17) is 4.74 Å². The highest BCUT2D eigenvalue weighted by molar-refractivity contribution is 5.95. The third-order valence-corrected chi connectivity index (χ3v) is 3.83. The molecule has 0 saturated carbocycles. The van der Waals surface area contributed by atoms with E-state index in [0.717, 1.165) is 49.9 Å². The van der Waals surface area contributed by atoms with Crippen molar-refractivity contribution in [3.8, 4) is 0 Å². The fourth-order valence-electron chi connectivity index (χ4n) is 2.60. The lowest BCUT2D eigenvalue weighted by Gasteiger charge is -2.16. The summed E-state index contributed by atoms with van der Waals surface area (Å²) in [6.07, 6.45) is 1.61. The number of hydrogen-bond acceptors (Lipinski definition) is 3. The Bertz CT molecular complexity index is 542. The molecule has 0 atom stereocenters. The van der Waals surface area contributed by atoms with Crippen molar-refractivity contribution in [3.05, 3.63) is 29.8 Å². The fraction of sp³-hybridized carbons (Fsp3) is 0.556. The van der Waals surface area contributed by atoms with Crippen LogP contribution in [0.25, 0.3) is 0 Å². The van der Waals surface area contributed by atoms with Crippen molar-refractivity contribution >= 4 is 17.6 Å². The molecule has 132 valence electrons. The first-order valence-corrected chi connectivity index (χ1v) is 8.73. The zero-order valence-corrected chi connectivity index (χ0v) is 14.7. The quantitative estimate of drug-likeness (QED) is 0.433. The minimum atomic E-state index is 0.216. The summed E-state index contributed by atoms with van der Waals surface area (Å²) in [4.78, 5) is 18.2. The molecule has 0 radical (unpaired) electrons. The molecule has 2 rings (SSSR count). The molecule has 0 spiro atoms. The van der Waals surface area contributed by atoms with Gasteiger partial charge in [-0.25, -0.2) is 4.99 Å². The number of carbonyl (C=O) groups excluding carboxylic acids is 1. The molecule has 6 heteroatoms. The molecule has 1 heterocycles. The summed E-state index contributed by atoms with van der Waals surface area (Å²) in [6.45, 7) is 8.38. The topological polar surface area (TPSA) is 66.0 Å². The van der Waals surface area contributed by atoms with E-state index in [1.54, 1.807) is 0 Å². The van der Waals surface area contributed by atoms with Gasteiger partial charge >= 0.3 is 0 Å². The van der Waals surface area contributed by atoms with Crippen molar-refractivity contribution in [2.75, 3.05) is 37.7 Å². The third-order valence-electron chi connectivity index (χ3n) is 3.83. The monoisotopic (exact) mass is 332 g/mol. The lowest BCUT2D eigenvalue weighted by molar-refractivity contribution is -0.117. The predicted octanol–water partition coefficient (Wildman–Crippen LogP) is 1.90. The molecule has 1 aromatic rings. The van der Waals surface area contributed by atoms with Crippen molar-refractivity contribution in [2.45, 2.75) is 33.2 Å². The number of benzene rings is 1. The van der Waals surface area contributed by atoms with E-state index in [2.05, 4.69) is 15.6 Å². The number of rotatable bonds is 8. The van der Waals surface area contributed by atoms with Crippen LogP contribution in [-0.4, -0.2) is 44.7 Å². The van der Waals surface area contributed by atoms with Gasteiger partial charge in [-0.05, 0) is 38.0 Å². The van der Waals surface area contributed by atoms with E-state index in [9.17, 15) is 4.79 Å². The average molecular weight is 332 g/mol. The highest BCUT2D eigenvalue weighted by atomic mass is 16.5. The number of aliphatic imine (C=N–C) groups is 1. The first-order valence-electron chi connectivity index (χ1n) is 8.73. The Morgan fingerprint density at radius 3 is 2.67 bits per heavy atom. The SMILES string of the molecule is CCNC(=NCc1ccc(N2CCCC2=O)cc1)NCCOCC. The summed E-state index contributed by atoms with van der Waals surface area (Å²) in [5, 5.41) is 6.47. The Kier molecular flexibility index (Phi) is 7.55. The van der Waals surface area contributed by atoms with Crippen LogP contribution in [0.5, 0.6) is 0 Å². The van der Waals surface area contributed by atoms with Gasteiger partial charge in [-0.1, -0.05) is 12.1 Å². The number of nitrogens with zero attached hydrogens (tertiary/aromatic N) is 2. The molecule has 1 aliphatic rings. The lowest BCUT2D eigenvalue weighted by Crippen LogP contribution is -2.39. The van der Waals surface area contributed by atoms with Crippen molar-refractivity contribution in [2.24, 2.45) is 4.99 Å². The summed E-state index contributed by atoms with van der Waals surface area (Å²) in [5.74, 6) is 1.00. The Labute approximate surface area is 144 Å². The number of anilines is 1. The molecule has 1 aliphatic heterocycles. The summed E-state index contributed by atoms with van der Waals surface area (Å²) < 4.78 is 5.32. The minimum absolute atomic E-state index is 0.216. The van der Waals surface area contributed by atoms with Gasteiger partial charge < -0.3 is 20.3 Å². The molecule has 0 aromatic heterocycles. The molecule has 1 amide bonds. The zero-order valence-electron chi connectivity index (χ0n) is 14.7. The number of hydrogen-bond donors (Lipinski definition) is 2. The van der Waals surface area contributed by atoms with Crippen molar-refractivity contribution < 1.29 is 9.53 Å². The largest absolute Gasteiger partial charge is 0.380 e. The van der Waals surface area contributed by atoms with Crippen LogP contribution in [0.3, 0.4) is 0 Å². The highest BCUT2D eigenvalue weighted by Crippen LogP contribution is 2.21. The molecule has 0 aliphatic carbocycles. The molecule has 0 bridgehead atoms. The number of carbonyl (C=O) groups is 1. The van der Waals surface area contributed by atoms with Crippen LogP contribution in [0.1, 0.15) is 32.3 Å². The summed E-state index contributed by atoms with van der Waals surface area (Å²) in [5.41, 5.74) is 2.10. The molecule has 0 unspecified atom stereocenters. The second-order valence-corrected chi connectivity index (χ2v) is 5.63. The summed E-state index contributed by atoms with van der Waals surface area (Å²) in [6, 6.07) is 8.08. The normalized spacial score (nSPS) is 15.0. The van der Waals surface area contributed by atoms with E-state index in [1.165, 1.54) is 0 Å². The van der Waals surface area contributed by atoms with E-state index in [-0.39, 0.29) is 5.91 Å². The molecule has 2 N–H and O–H groups in total. The van der Waals surface area contributed by atoms with Crippen LogP contribution in [0, 0.1) is 0 Å². The van der Waals surface area contributed by atoms with Crippen LogP contribution in [0.4, 0.5) is 5.69 Å². The van der Waals surface area contributed by atoms with Crippen LogP contribution in [0.2, 0.25) is 0 Å². The van der Waals surface area contributed by atoms with Gasteiger partial charge in [0.2, 0.25) is 5.91 Å². The Hall–Kier alpha value is -2.08. The van der Waals surface area contributed by atoms with E-state index in [1.807, 2.05) is 43.0 Å². The number of ether oxygens (including phenoxy) is 1. The lowest BCUT2D eigenvalue weighted by atomic mass is 10.2. The smallest absolute Gasteiger partial charge is 0.227 e. The highest BCUT2D eigenvalue weighted by Gasteiger charge is 2.21. The standard InChI is InChI=1S/C18H28N4O2/c1-3-19-18(20-11-13-24-4-2)21-14-15-7-9-16(10-8-15)22-12-5-6-17(22)23/h7-10H,3-6,11-14H2,1-2H3,(H2,19,20,21). The Morgan fingerprint density at radius 1 is 1.25 bits per heavy atom. The van der Waals surface area contributed by atoms with Crippen molar-refractivity contribution in [3.63, 3.8) is 0 Å². The maximum absolute atomic E-state index is 11.8. The first-order chi connectivity index (χ1) is 11.7. The van der Waals surface area contributed by atoms with Gasteiger partial charge in [0, 0.05) is 38.3 Å². The van der Waals surface area contributed by atoms with Gasteiger partial charge in [0.25, 0.3) is 0 Å². The van der Waals surface area contributed by atoms with E-state index in [0.29, 0.717) is 19.6 Å². The minimum Gasteiger partial charge on any atom is -0.380 e. The summed E-state index contributed by atoms with van der Waals surface area (Å²) >= 11 is 0. The second kappa shape index (κ2) is 9.93. The van der Waals surface area contributed by atoms with Gasteiger partial charge in [-0.15, -0.1) is 0 Å². The van der Waals surface area contributed by atoms with Gasteiger partial charge in [0.05, 0.1) is 13.2 Å². The maximum atomic E-state index is 11.8. The molecule has 1 fully saturated rings. The maximum Gasteiger partial charge on any atom is 0.227 e. The van der Waals surface area contributed by atoms with Gasteiger partial charge in [-0.2, -0.15) is 0 Å². The van der Waals surface area contributed by atoms with Crippen LogP contribution >= 0.6 is 0 Å². The van der Waals surface area contributed by atoms with E-state index >= 15 is 0 Å². The Balaban J connectivity index is 1.89. The average Bonchev–Trinajstić information content (AvgIpc) is 3.03. The molecular formula is C18H28N4O2. The number of guanidine groups is 1. The van der Waals surface area contributed by atoms with Crippen LogP contribution in [-0.2, 0) is 16.1 Å². The number of amides is 1. The van der Waals surface area contributed by atoms with Crippen molar-refractivity contribution in [1.29, 1.82) is 0 Å². The second-order valence-electron chi connectivity index (χ2n) is 5.63. The predicted molar refractivity (Wildman–Crippen MR) is 97.3 cm³/mol. The number of nitrogens with one attached hydrogen (secondary N) is 2. The molecule has 6 nitrogen and oxygen atoms in total. The molecular weight excluding hydrogens is 304 g/mol. The Morgan fingerprint density at radius 2 is 2.04 bits per heavy atom.